The summed E-state index contributed by atoms with van der Waals surface area (Å²) in [7, 11) is -3.71. The van der Waals surface area contributed by atoms with Crippen molar-refractivity contribution in [3.8, 4) is 0 Å². The maximum absolute atomic E-state index is 13.1. The summed E-state index contributed by atoms with van der Waals surface area (Å²) in [6, 6.07) is 12.2. The van der Waals surface area contributed by atoms with Crippen LogP contribution >= 0.6 is 0 Å². The van der Waals surface area contributed by atoms with Crippen LogP contribution in [-0.4, -0.2) is 38.9 Å². The number of piperazine rings is 1. The Bertz CT molecular complexity index is 877. The molecule has 2 aromatic carbocycles. The summed E-state index contributed by atoms with van der Waals surface area (Å²) in [6.07, 6.45) is 0. The van der Waals surface area contributed by atoms with E-state index in [0.29, 0.717) is 31.9 Å². The lowest BCUT2D eigenvalue weighted by molar-refractivity contribution is -0.379. The van der Waals surface area contributed by atoms with Gasteiger partial charge < -0.3 is 10.6 Å². The van der Waals surface area contributed by atoms with Gasteiger partial charge in [0.25, 0.3) is 5.69 Å². The monoisotopic (exact) mass is 361 g/mol. The van der Waals surface area contributed by atoms with Crippen LogP contribution in [0.15, 0.2) is 47.4 Å². The Balaban J connectivity index is 2.04. The molecule has 1 saturated heterocycles. The summed E-state index contributed by atoms with van der Waals surface area (Å²) in [5.41, 5.74) is 2.48. The van der Waals surface area contributed by atoms with Crippen LogP contribution in [0.4, 0.5) is 17.1 Å². The van der Waals surface area contributed by atoms with Gasteiger partial charge in [0, 0.05) is 54.1 Å². The first-order valence-electron chi connectivity index (χ1n) is 8.08. The molecule has 0 unspecified atom stereocenters. The van der Waals surface area contributed by atoms with Crippen LogP contribution in [0.25, 0.3) is 0 Å². The van der Waals surface area contributed by atoms with Gasteiger partial charge in [-0.1, -0.05) is 18.2 Å². The first-order chi connectivity index (χ1) is 12.0. The van der Waals surface area contributed by atoms with E-state index in [1.807, 2.05) is 31.2 Å². The molecule has 3 N–H and O–H groups in total. The molecule has 0 bridgehead atoms. The fourth-order valence-corrected chi connectivity index (χ4v) is 4.40. The quantitative estimate of drug-likeness (QED) is 0.733. The van der Waals surface area contributed by atoms with Crippen molar-refractivity contribution in [2.24, 2.45) is 0 Å². The lowest BCUT2D eigenvalue weighted by atomic mass is 10.2. The highest BCUT2D eigenvalue weighted by Gasteiger charge is 2.29. The number of para-hydroxylation sites is 1. The minimum Gasteiger partial charge on any atom is -0.354 e. The highest BCUT2D eigenvalue weighted by molar-refractivity contribution is 7.89. The van der Waals surface area contributed by atoms with Crippen LogP contribution in [0, 0.1) is 11.8 Å². The van der Waals surface area contributed by atoms with Crippen molar-refractivity contribution in [3.05, 3.63) is 52.9 Å². The summed E-state index contributed by atoms with van der Waals surface area (Å²) in [4.78, 5) is 11.1. The number of nitroso groups, excluding NO2 is 1. The average molecular weight is 361 g/mol. The van der Waals surface area contributed by atoms with Crippen LogP contribution in [0.3, 0.4) is 0 Å². The maximum atomic E-state index is 13.1. The zero-order chi connectivity index (χ0) is 17.9. The highest BCUT2D eigenvalue weighted by atomic mass is 32.2. The molecule has 8 heteroatoms. The van der Waals surface area contributed by atoms with Gasteiger partial charge in [0.2, 0.25) is 10.0 Å². The van der Waals surface area contributed by atoms with Gasteiger partial charge in [-0.2, -0.15) is 4.31 Å². The molecule has 2 aromatic rings. The van der Waals surface area contributed by atoms with E-state index in [4.69, 9.17) is 0 Å². The number of rotatable bonds is 5. The molecule has 132 valence electrons. The third-order valence-corrected chi connectivity index (χ3v) is 6.15. The Hall–Kier alpha value is -2.29. The topological polar surface area (TPSA) is 92.5 Å². The molecule has 1 aliphatic heterocycles. The van der Waals surface area contributed by atoms with Gasteiger partial charge in [-0.15, -0.1) is 0 Å². The van der Waals surface area contributed by atoms with E-state index >= 15 is 0 Å². The van der Waals surface area contributed by atoms with Gasteiger partial charge in [-0.25, -0.2) is 8.42 Å². The molecule has 3 rings (SSSR count). The SMILES string of the molecule is Cc1ccccc1Nc1ccc([NH+]=O)cc1S(=O)(=O)N1CCNCC1. The Labute approximate surface area is 147 Å². The molecule has 0 saturated carbocycles. The molecule has 0 aromatic heterocycles. The molecule has 7 nitrogen and oxygen atoms in total. The van der Waals surface area contributed by atoms with Gasteiger partial charge in [0.05, 0.1) is 5.69 Å². The van der Waals surface area contributed by atoms with Crippen LogP contribution in [-0.2, 0) is 10.0 Å². The van der Waals surface area contributed by atoms with E-state index in [0.717, 1.165) is 11.3 Å². The first-order valence-corrected chi connectivity index (χ1v) is 9.52. The Morgan fingerprint density at radius 1 is 1.08 bits per heavy atom. The summed E-state index contributed by atoms with van der Waals surface area (Å²) < 4.78 is 27.6. The Morgan fingerprint density at radius 3 is 2.48 bits per heavy atom. The van der Waals surface area contributed by atoms with Crippen LogP contribution in [0.2, 0.25) is 0 Å². The summed E-state index contributed by atoms with van der Waals surface area (Å²) in [5, 5.41) is 8.10. The van der Waals surface area contributed by atoms with Crippen molar-refractivity contribution in [1.82, 2.24) is 9.62 Å². The molecular weight excluding hydrogens is 340 g/mol. The molecule has 1 heterocycles. The smallest absolute Gasteiger partial charge is 0.254 e. The highest BCUT2D eigenvalue weighted by Crippen LogP contribution is 2.30. The number of sulfonamides is 1. The van der Waals surface area contributed by atoms with E-state index in [1.165, 1.54) is 10.4 Å². The van der Waals surface area contributed by atoms with Crippen molar-refractivity contribution >= 4 is 27.1 Å². The molecule has 0 atom stereocenters. The molecule has 0 radical (unpaired) electrons. The Kier molecular flexibility index (Phi) is 5.12. The number of nitrogens with zero attached hydrogens (tertiary/aromatic N) is 1. The number of hydrogen-bond donors (Lipinski definition) is 3. The largest absolute Gasteiger partial charge is 0.354 e. The summed E-state index contributed by atoms with van der Waals surface area (Å²) in [5.74, 6) is 0. The second-order valence-electron chi connectivity index (χ2n) is 5.91. The number of nitrogens with one attached hydrogen (secondary N) is 3. The van der Waals surface area contributed by atoms with Gasteiger partial charge in [0.1, 0.15) is 4.90 Å². The van der Waals surface area contributed by atoms with E-state index < -0.39 is 10.0 Å². The molecule has 25 heavy (non-hydrogen) atoms. The predicted octanol–water partition coefficient (Wildman–Crippen LogP) is 0.811. The Morgan fingerprint density at radius 2 is 1.80 bits per heavy atom. The zero-order valence-corrected chi connectivity index (χ0v) is 14.8. The fourth-order valence-electron chi connectivity index (χ4n) is 2.78. The molecular formula is C17H21N4O3S+. The van der Waals surface area contributed by atoms with Crippen LogP contribution < -0.4 is 15.8 Å². The van der Waals surface area contributed by atoms with Gasteiger partial charge in [0.15, 0.2) is 0 Å². The molecule has 0 aliphatic carbocycles. The van der Waals surface area contributed by atoms with Gasteiger partial charge >= 0.3 is 0 Å². The van der Waals surface area contributed by atoms with Crippen molar-refractivity contribution < 1.29 is 13.6 Å². The molecule has 0 spiro atoms. The van der Waals surface area contributed by atoms with E-state index in [2.05, 4.69) is 10.6 Å². The minimum absolute atomic E-state index is 0.0958. The number of benzene rings is 2. The number of anilines is 2. The minimum atomic E-state index is -3.71. The van der Waals surface area contributed by atoms with Crippen molar-refractivity contribution in [2.45, 2.75) is 11.8 Å². The average Bonchev–Trinajstić information content (AvgIpc) is 2.64. The molecule has 1 aliphatic rings. The lowest BCUT2D eigenvalue weighted by Gasteiger charge is -2.27. The van der Waals surface area contributed by atoms with Crippen molar-refractivity contribution in [2.75, 3.05) is 31.5 Å². The maximum Gasteiger partial charge on any atom is 0.254 e. The van der Waals surface area contributed by atoms with Crippen LogP contribution in [0.1, 0.15) is 5.56 Å². The van der Waals surface area contributed by atoms with Crippen molar-refractivity contribution in [3.63, 3.8) is 0 Å². The van der Waals surface area contributed by atoms with Gasteiger partial charge in [-0.05, 0) is 24.6 Å². The lowest BCUT2D eigenvalue weighted by Crippen LogP contribution is -2.55. The van der Waals surface area contributed by atoms with E-state index in [-0.39, 0.29) is 10.6 Å². The molecule has 1 fully saturated rings. The van der Waals surface area contributed by atoms with E-state index in [9.17, 15) is 13.3 Å². The third-order valence-electron chi connectivity index (χ3n) is 4.21. The van der Waals surface area contributed by atoms with Crippen LogP contribution in [0.5, 0.6) is 0 Å². The first kappa shape index (κ1) is 17.5. The van der Waals surface area contributed by atoms with Gasteiger partial charge in [-0.3, -0.25) is 0 Å². The fraction of sp³-hybridized carbons (Fsp3) is 0.294. The normalized spacial score (nSPS) is 15.7. The summed E-state index contributed by atoms with van der Waals surface area (Å²) >= 11 is 0. The zero-order valence-electron chi connectivity index (χ0n) is 14.0. The molecule has 0 amide bonds. The third kappa shape index (κ3) is 3.71. The van der Waals surface area contributed by atoms with E-state index in [1.54, 1.807) is 17.3 Å². The standard InChI is InChI=1S/C17H20N4O3S/c1-13-4-2-3-5-15(13)19-16-7-6-14(20-22)12-17(16)25(23,24)21-10-8-18-9-11-21/h2-7,12,18-19H,8-11H2,1H3/p+1. The second kappa shape index (κ2) is 7.30. The summed E-state index contributed by atoms with van der Waals surface area (Å²) in [6.45, 7) is 3.97. The second-order valence-corrected chi connectivity index (χ2v) is 7.81. The predicted molar refractivity (Wildman–Crippen MR) is 96.5 cm³/mol. The number of hydrogen-bond acceptors (Lipinski definition) is 5. The number of aryl methyl sites for hydroxylation is 1. The van der Waals surface area contributed by atoms with Crippen molar-refractivity contribution in [1.29, 1.82) is 0 Å².